The molecule has 0 aliphatic rings. The lowest BCUT2D eigenvalue weighted by Crippen LogP contribution is -2.19. The maximum absolute atomic E-state index is 11.7. The van der Waals surface area contributed by atoms with Crippen molar-refractivity contribution in [2.24, 2.45) is 5.73 Å². The van der Waals surface area contributed by atoms with E-state index in [0.29, 0.717) is 12.0 Å². The third kappa shape index (κ3) is 4.03. The molecule has 0 heterocycles. The van der Waals surface area contributed by atoms with Crippen molar-refractivity contribution >= 4 is 5.78 Å². The summed E-state index contributed by atoms with van der Waals surface area (Å²) < 4.78 is 5.49. The van der Waals surface area contributed by atoms with Gasteiger partial charge in [-0.05, 0) is 45.0 Å². The molecular weight excluding hydrogens is 202 g/mol. The Morgan fingerprint density at radius 2 is 1.81 bits per heavy atom. The van der Waals surface area contributed by atoms with Crippen LogP contribution < -0.4 is 10.5 Å². The van der Waals surface area contributed by atoms with Gasteiger partial charge in [0.15, 0.2) is 5.78 Å². The van der Waals surface area contributed by atoms with Crippen LogP contribution in [0.5, 0.6) is 5.75 Å². The Labute approximate surface area is 96.6 Å². The summed E-state index contributed by atoms with van der Waals surface area (Å²) in [6.07, 6.45) is 0.523. The lowest BCUT2D eigenvalue weighted by molar-refractivity contribution is 0.0976. The highest BCUT2D eigenvalue weighted by Crippen LogP contribution is 2.15. The van der Waals surface area contributed by atoms with E-state index in [0.717, 1.165) is 5.75 Å². The zero-order chi connectivity index (χ0) is 12.1. The number of Topliss-reactive ketones (excluding diaryl/α,β-unsaturated/α-hetero) is 1. The van der Waals surface area contributed by atoms with E-state index in [1.165, 1.54) is 0 Å². The first-order chi connectivity index (χ1) is 7.49. The van der Waals surface area contributed by atoms with Crippen LogP contribution in [-0.2, 0) is 0 Å². The number of carbonyl (C=O) groups is 1. The summed E-state index contributed by atoms with van der Waals surface area (Å²) in [6, 6.07) is 7.09. The number of hydrogen-bond donors (Lipinski definition) is 1. The number of hydrogen-bond acceptors (Lipinski definition) is 3. The van der Waals surface area contributed by atoms with Gasteiger partial charge in [-0.15, -0.1) is 0 Å². The van der Waals surface area contributed by atoms with Gasteiger partial charge in [0, 0.05) is 18.0 Å². The third-order valence-electron chi connectivity index (χ3n) is 2.06. The Bertz CT molecular complexity index is 341. The number of carbonyl (C=O) groups excluding carboxylic acids is 1. The summed E-state index contributed by atoms with van der Waals surface area (Å²) in [5.74, 6) is 0.860. The number of rotatable bonds is 5. The summed E-state index contributed by atoms with van der Waals surface area (Å²) in [5, 5.41) is 0. The molecule has 3 heteroatoms. The van der Waals surface area contributed by atoms with Crippen molar-refractivity contribution in [1.82, 2.24) is 0 Å². The molecule has 16 heavy (non-hydrogen) atoms. The minimum atomic E-state index is -0.0981. The van der Waals surface area contributed by atoms with Crippen molar-refractivity contribution in [3.05, 3.63) is 29.8 Å². The van der Waals surface area contributed by atoms with Crippen LogP contribution in [0.2, 0.25) is 0 Å². The Morgan fingerprint density at radius 3 is 2.25 bits per heavy atom. The lowest BCUT2D eigenvalue weighted by Gasteiger charge is -2.10. The van der Waals surface area contributed by atoms with Crippen molar-refractivity contribution < 1.29 is 9.53 Å². The predicted molar refractivity (Wildman–Crippen MR) is 64.8 cm³/mol. The van der Waals surface area contributed by atoms with Crippen LogP contribution in [0.1, 0.15) is 37.6 Å². The molecule has 2 N–H and O–H groups in total. The van der Waals surface area contributed by atoms with Crippen molar-refractivity contribution in [1.29, 1.82) is 0 Å². The SMILES string of the molecule is CC(N)CC(=O)c1ccc(OC(C)C)cc1. The average Bonchev–Trinajstić information content (AvgIpc) is 2.16. The zero-order valence-electron chi connectivity index (χ0n) is 10.1. The molecule has 3 nitrogen and oxygen atoms in total. The van der Waals surface area contributed by atoms with Gasteiger partial charge in [-0.25, -0.2) is 0 Å². The van der Waals surface area contributed by atoms with Gasteiger partial charge >= 0.3 is 0 Å². The van der Waals surface area contributed by atoms with Gasteiger partial charge in [-0.3, -0.25) is 4.79 Å². The standard InChI is InChI=1S/C13H19NO2/c1-9(2)16-12-6-4-11(5-7-12)13(15)8-10(3)14/h4-7,9-10H,8,14H2,1-3H3. The minimum absolute atomic E-state index is 0.0751. The van der Waals surface area contributed by atoms with Crippen LogP contribution >= 0.6 is 0 Å². The number of nitrogens with two attached hydrogens (primary N) is 1. The van der Waals surface area contributed by atoms with Crippen molar-refractivity contribution in [3.8, 4) is 5.75 Å². The van der Waals surface area contributed by atoms with Gasteiger partial charge in [-0.1, -0.05) is 0 Å². The molecule has 0 fully saturated rings. The van der Waals surface area contributed by atoms with Crippen LogP contribution in [0, 0.1) is 0 Å². The van der Waals surface area contributed by atoms with Crippen LogP contribution in [0.3, 0.4) is 0 Å². The largest absolute Gasteiger partial charge is 0.491 e. The molecule has 0 saturated heterocycles. The molecule has 0 saturated carbocycles. The monoisotopic (exact) mass is 221 g/mol. The molecule has 0 spiro atoms. The Morgan fingerprint density at radius 1 is 1.25 bits per heavy atom. The molecule has 0 aliphatic heterocycles. The van der Waals surface area contributed by atoms with Crippen molar-refractivity contribution in [2.45, 2.75) is 39.3 Å². The summed E-state index contributed by atoms with van der Waals surface area (Å²) in [4.78, 5) is 11.7. The highest BCUT2D eigenvalue weighted by atomic mass is 16.5. The third-order valence-corrected chi connectivity index (χ3v) is 2.06. The van der Waals surface area contributed by atoms with Gasteiger partial charge in [0.2, 0.25) is 0 Å². The fourth-order valence-electron chi connectivity index (χ4n) is 1.40. The molecule has 88 valence electrons. The number of benzene rings is 1. The molecule has 0 aromatic heterocycles. The van der Waals surface area contributed by atoms with Crippen LogP contribution in [0.25, 0.3) is 0 Å². The molecule has 1 rings (SSSR count). The van der Waals surface area contributed by atoms with Crippen molar-refractivity contribution in [3.63, 3.8) is 0 Å². The maximum atomic E-state index is 11.7. The molecule has 1 unspecified atom stereocenters. The van der Waals surface area contributed by atoms with E-state index >= 15 is 0 Å². The fraction of sp³-hybridized carbons (Fsp3) is 0.462. The van der Waals surface area contributed by atoms with Gasteiger partial charge in [-0.2, -0.15) is 0 Å². The van der Waals surface area contributed by atoms with E-state index < -0.39 is 0 Å². The second-order valence-electron chi connectivity index (χ2n) is 4.30. The lowest BCUT2D eigenvalue weighted by atomic mass is 10.1. The first-order valence-corrected chi connectivity index (χ1v) is 5.54. The van der Waals surface area contributed by atoms with Gasteiger partial charge in [0.25, 0.3) is 0 Å². The zero-order valence-corrected chi connectivity index (χ0v) is 10.1. The molecule has 0 radical (unpaired) electrons. The summed E-state index contributed by atoms with van der Waals surface area (Å²) in [7, 11) is 0. The smallest absolute Gasteiger partial charge is 0.164 e. The second kappa shape index (κ2) is 5.66. The topological polar surface area (TPSA) is 52.3 Å². The van der Waals surface area contributed by atoms with E-state index in [1.807, 2.05) is 32.9 Å². The molecular formula is C13H19NO2. The highest BCUT2D eigenvalue weighted by Gasteiger charge is 2.08. The van der Waals surface area contributed by atoms with Crippen molar-refractivity contribution in [2.75, 3.05) is 0 Å². The molecule has 1 atom stereocenters. The summed E-state index contributed by atoms with van der Waals surface area (Å²) in [5.41, 5.74) is 6.27. The minimum Gasteiger partial charge on any atom is -0.491 e. The molecule has 1 aromatic carbocycles. The fourth-order valence-corrected chi connectivity index (χ4v) is 1.40. The Balaban J connectivity index is 2.67. The van der Waals surface area contributed by atoms with E-state index in [2.05, 4.69) is 0 Å². The highest BCUT2D eigenvalue weighted by molar-refractivity contribution is 5.96. The van der Waals surface area contributed by atoms with Gasteiger partial charge < -0.3 is 10.5 Å². The van der Waals surface area contributed by atoms with Crippen LogP contribution in [0.4, 0.5) is 0 Å². The predicted octanol–water partition coefficient (Wildman–Crippen LogP) is 2.39. The molecule has 1 aromatic rings. The average molecular weight is 221 g/mol. The molecule has 0 amide bonds. The van der Waals surface area contributed by atoms with Gasteiger partial charge in [0.1, 0.15) is 5.75 Å². The molecule has 0 aliphatic carbocycles. The van der Waals surface area contributed by atoms with E-state index in [1.54, 1.807) is 12.1 Å². The normalized spacial score (nSPS) is 12.6. The number of ether oxygens (including phenoxy) is 1. The summed E-state index contributed by atoms with van der Waals surface area (Å²) in [6.45, 7) is 5.76. The Hall–Kier alpha value is -1.35. The molecule has 0 bridgehead atoms. The summed E-state index contributed by atoms with van der Waals surface area (Å²) >= 11 is 0. The number of ketones is 1. The Kier molecular flexibility index (Phi) is 4.50. The quantitative estimate of drug-likeness (QED) is 0.777. The van der Waals surface area contributed by atoms with Crippen LogP contribution in [-0.4, -0.2) is 17.9 Å². The first kappa shape index (κ1) is 12.7. The van der Waals surface area contributed by atoms with E-state index in [4.69, 9.17) is 10.5 Å². The van der Waals surface area contributed by atoms with E-state index in [-0.39, 0.29) is 17.9 Å². The first-order valence-electron chi connectivity index (χ1n) is 5.54. The maximum Gasteiger partial charge on any atom is 0.164 e. The second-order valence-corrected chi connectivity index (χ2v) is 4.30. The van der Waals surface area contributed by atoms with Gasteiger partial charge in [0.05, 0.1) is 6.10 Å². The van der Waals surface area contributed by atoms with Crippen LogP contribution in [0.15, 0.2) is 24.3 Å². The van der Waals surface area contributed by atoms with E-state index in [9.17, 15) is 4.79 Å².